The first-order valence-corrected chi connectivity index (χ1v) is 9.73. The zero-order valence-electron chi connectivity index (χ0n) is 15.8. The molecule has 3 aromatic heterocycles. The number of carbonyl (C=O) groups excluding carboxylic acids is 1. The number of fused-ring (bicyclic) bond motifs is 2. The van der Waals surface area contributed by atoms with Crippen LogP contribution in [0.4, 0.5) is 0 Å². The Kier molecular flexibility index (Phi) is 4.07. The van der Waals surface area contributed by atoms with E-state index in [-0.39, 0.29) is 5.91 Å². The van der Waals surface area contributed by atoms with Crippen LogP contribution in [0.1, 0.15) is 53.5 Å². The van der Waals surface area contributed by atoms with Gasteiger partial charge in [-0.25, -0.2) is 9.97 Å². The molecule has 0 unspecified atom stereocenters. The fourth-order valence-electron chi connectivity index (χ4n) is 4.24. The van der Waals surface area contributed by atoms with Gasteiger partial charge in [-0.05, 0) is 24.5 Å². The molecule has 1 amide bonds. The van der Waals surface area contributed by atoms with Crippen molar-refractivity contribution in [3.63, 3.8) is 0 Å². The molecule has 0 saturated heterocycles. The number of aryl methyl sites for hydroxylation is 1. The first-order chi connectivity index (χ1) is 13.7. The molecule has 0 bridgehead atoms. The molecule has 5 rings (SSSR count). The molecule has 1 fully saturated rings. The predicted octanol–water partition coefficient (Wildman–Crippen LogP) is 3.43. The minimum atomic E-state index is -0.202. The Morgan fingerprint density at radius 2 is 2.14 bits per heavy atom. The molecule has 7 heteroatoms. The molecular formula is C21H22N6O. The Balaban J connectivity index is 1.42. The number of hydrogen-bond donors (Lipinski definition) is 2. The molecule has 0 spiro atoms. The van der Waals surface area contributed by atoms with Crippen LogP contribution in [-0.4, -0.2) is 30.6 Å². The number of aromatic amines is 1. The van der Waals surface area contributed by atoms with Crippen LogP contribution in [0.15, 0.2) is 36.7 Å². The van der Waals surface area contributed by atoms with Crippen LogP contribution in [0.3, 0.4) is 0 Å². The number of hydrogen-bond acceptors (Lipinski definition) is 4. The molecule has 2 N–H and O–H groups in total. The summed E-state index contributed by atoms with van der Waals surface area (Å²) in [4.78, 5) is 25.3. The van der Waals surface area contributed by atoms with Crippen molar-refractivity contribution >= 4 is 27.8 Å². The summed E-state index contributed by atoms with van der Waals surface area (Å²) < 4.78 is 1.83. The molecule has 0 radical (unpaired) electrons. The van der Waals surface area contributed by atoms with Crippen molar-refractivity contribution in [2.24, 2.45) is 7.05 Å². The van der Waals surface area contributed by atoms with Crippen molar-refractivity contribution in [3.8, 4) is 0 Å². The zero-order valence-corrected chi connectivity index (χ0v) is 15.8. The molecule has 1 aliphatic rings. The number of benzene rings is 1. The van der Waals surface area contributed by atoms with Crippen LogP contribution < -0.4 is 5.32 Å². The van der Waals surface area contributed by atoms with E-state index in [9.17, 15) is 4.79 Å². The van der Waals surface area contributed by atoms with Crippen LogP contribution in [0, 0.1) is 0 Å². The van der Waals surface area contributed by atoms with Gasteiger partial charge in [-0.15, -0.1) is 0 Å². The Labute approximate surface area is 162 Å². The van der Waals surface area contributed by atoms with Crippen LogP contribution in [0.5, 0.6) is 0 Å². The third-order valence-corrected chi connectivity index (χ3v) is 5.66. The first-order valence-electron chi connectivity index (χ1n) is 9.73. The highest BCUT2D eigenvalue weighted by Crippen LogP contribution is 2.33. The van der Waals surface area contributed by atoms with Crippen LogP contribution in [0.25, 0.3) is 21.9 Å². The standard InChI is InChI=1S/C21H22N6O/c1-27-19-14(7-4-8-15(19)12-24-27)11-23-21(28)18-17-16(9-10-22-18)25-20(26-17)13-5-2-3-6-13/h4,7-10,12-13H,2-3,5-6,11H2,1H3,(H,23,28)(H,25,26). The molecule has 4 aromatic rings. The number of imidazole rings is 1. The maximum absolute atomic E-state index is 12.9. The molecule has 28 heavy (non-hydrogen) atoms. The van der Waals surface area contributed by atoms with Crippen molar-refractivity contribution in [2.75, 3.05) is 0 Å². The largest absolute Gasteiger partial charge is 0.346 e. The fraction of sp³-hybridized carbons (Fsp3) is 0.333. The van der Waals surface area contributed by atoms with Crippen LogP contribution >= 0.6 is 0 Å². The molecule has 1 aliphatic carbocycles. The van der Waals surface area contributed by atoms with Crippen molar-refractivity contribution in [1.29, 1.82) is 0 Å². The lowest BCUT2D eigenvalue weighted by molar-refractivity contribution is 0.0947. The fourth-order valence-corrected chi connectivity index (χ4v) is 4.24. The van der Waals surface area contributed by atoms with Crippen molar-refractivity contribution in [2.45, 2.75) is 38.1 Å². The van der Waals surface area contributed by atoms with E-state index in [1.54, 1.807) is 6.20 Å². The summed E-state index contributed by atoms with van der Waals surface area (Å²) in [6, 6.07) is 7.86. The van der Waals surface area contributed by atoms with Crippen LogP contribution in [-0.2, 0) is 13.6 Å². The van der Waals surface area contributed by atoms with E-state index >= 15 is 0 Å². The summed E-state index contributed by atoms with van der Waals surface area (Å²) in [7, 11) is 1.91. The SMILES string of the molecule is Cn1ncc2cccc(CNC(=O)c3nccc4nc(C5CCCC5)[nH]c34)c21. The van der Waals surface area contributed by atoms with Crippen molar-refractivity contribution < 1.29 is 4.79 Å². The van der Waals surface area contributed by atoms with Gasteiger partial charge in [0, 0.05) is 31.1 Å². The summed E-state index contributed by atoms with van der Waals surface area (Å²) in [5.41, 5.74) is 3.97. The van der Waals surface area contributed by atoms with Gasteiger partial charge >= 0.3 is 0 Å². The van der Waals surface area contributed by atoms with Gasteiger partial charge < -0.3 is 10.3 Å². The quantitative estimate of drug-likeness (QED) is 0.573. The number of rotatable bonds is 4. The van der Waals surface area contributed by atoms with E-state index in [0.29, 0.717) is 18.2 Å². The predicted molar refractivity (Wildman–Crippen MR) is 107 cm³/mol. The summed E-state index contributed by atoms with van der Waals surface area (Å²) in [5, 5.41) is 8.37. The van der Waals surface area contributed by atoms with Gasteiger partial charge in [0.25, 0.3) is 5.91 Å². The van der Waals surface area contributed by atoms with E-state index in [4.69, 9.17) is 4.98 Å². The topological polar surface area (TPSA) is 88.5 Å². The number of nitrogens with one attached hydrogen (secondary N) is 2. The number of carbonyl (C=O) groups is 1. The van der Waals surface area contributed by atoms with Crippen molar-refractivity contribution in [1.82, 2.24) is 30.0 Å². The number of nitrogens with zero attached hydrogens (tertiary/aromatic N) is 4. The monoisotopic (exact) mass is 374 g/mol. The second-order valence-corrected chi connectivity index (χ2v) is 7.46. The molecule has 1 aromatic carbocycles. The van der Waals surface area contributed by atoms with E-state index in [0.717, 1.165) is 46.2 Å². The maximum Gasteiger partial charge on any atom is 0.272 e. The zero-order chi connectivity index (χ0) is 19.1. The molecule has 0 atom stereocenters. The Morgan fingerprint density at radius 1 is 1.29 bits per heavy atom. The highest BCUT2D eigenvalue weighted by Gasteiger charge is 2.22. The molecular weight excluding hydrogens is 352 g/mol. The normalized spacial score (nSPS) is 14.9. The Hall–Kier alpha value is -3.22. The van der Waals surface area contributed by atoms with Gasteiger partial charge in [-0.3, -0.25) is 9.48 Å². The van der Waals surface area contributed by atoms with Crippen molar-refractivity contribution in [3.05, 3.63) is 53.7 Å². The molecule has 0 aliphatic heterocycles. The Bertz CT molecular complexity index is 1170. The molecule has 142 valence electrons. The van der Waals surface area contributed by atoms with Gasteiger partial charge in [0.05, 0.1) is 22.7 Å². The van der Waals surface area contributed by atoms with Gasteiger partial charge in [-0.1, -0.05) is 31.0 Å². The molecule has 7 nitrogen and oxygen atoms in total. The lowest BCUT2D eigenvalue weighted by atomic mass is 10.1. The van der Waals surface area contributed by atoms with E-state index in [1.807, 2.05) is 42.2 Å². The highest BCUT2D eigenvalue weighted by atomic mass is 16.1. The highest BCUT2D eigenvalue weighted by molar-refractivity contribution is 6.03. The first kappa shape index (κ1) is 16.9. The number of H-pyrrole nitrogens is 1. The lowest BCUT2D eigenvalue weighted by Gasteiger charge is -2.08. The number of pyridine rings is 1. The smallest absolute Gasteiger partial charge is 0.272 e. The maximum atomic E-state index is 12.9. The average Bonchev–Trinajstić information content (AvgIpc) is 3.45. The number of para-hydroxylation sites is 1. The minimum Gasteiger partial charge on any atom is -0.346 e. The van der Waals surface area contributed by atoms with Gasteiger partial charge in [-0.2, -0.15) is 5.10 Å². The van der Waals surface area contributed by atoms with Crippen LogP contribution in [0.2, 0.25) is 0 Å². The summed E-state index contributed by atoms with van der Waals surface area (Å²) in [6.45, 7) is 0.414. The summed E-state index contributed by atoms with van der Waals surface area (Å²) >= 11 is 0. The number of aromatic nitrogens is 5. The van der Waals surface area contributed by atoms with Gasteiger partial charge in [0.2, 0.25) is 0 Å². The van der Waals surface area contributed by atoms with E-state index in [2.05, 4.69) is 20.4 Å². The number of amides is 1. The van der Waals surface area contributed by atoms with E-state index < -0.39 is 0 Å². The molecule has 1 saturated carbocycles. The Morgan fingerprint density at radius 3 is 3.00 bits per heavy atom. The second kappa shape index (κ2) is 6.74. The van der Waals surface area contributed by atoms with Gasteiger partial charge in [0.15, 0.2) is 5.69 Å². The second-order valence-electron chi connectivity index (χ2n) is 7.46. The summed E-state index contributed by atoms with van der Waals surface area (Å²) in [5.74, 6) is 1.24. The minimum absolute atomic E-state index is 0.202. The summed E-state index contributed by atoms with van der Waals surface area (Å²) in [6.07, 6.45) is 8.28. The molecule has 3 heterocycles. The average molecular weight is 374 g/mol. The van der Waals surface area contributed by atoms with Gasteiger partial charge in [0.1, 0.15) is 5.82 Å². The third kappa shape index (κ3) is 2.83. The third-order valence-electron chi connectivity index (χ3n) is 5.66. The van der Waals surface area contributed by atoms with E-state index in [1.165, 1.54) is 12.8 Å². The lowest BCUT2D eigenvalue weighted by Crippen LogP contribution is -2.24.